The van der Waals surface area contributed by atoms with Gasteiger partial charge in [0.25, 0.3) is 5.91 Å². The number of carbonyl (C=O) groups is 1. The molecule has 1 aliphatic heterocycles. The van der Waals surface area contributed by atoms with Gasteiger partial charge in [-0.2, -0.15) is 5.26 Å². The normalized spacial score (nSPS) is 20.5. The van der Waals surface area contributed by atoms with Crippen LogP contribution in [0.5, 0.6) is 0 Å². The van der Waals surface area contributed by atoms with Crippen LogP contribution >= 0.6 is 0 Å². The number of morpholine rings is 1. The quantitative estimate of drug-likeness (QED) is 0.845. The summed E-state index contributed by atoms with van der Waals surface area (Å²) in [6.45, 7) is 3.63. The lowest BCUT2D eigenvalue weighted by Crippen LogP contribution is -2.48. The standard InChI is InChI=1S/C20H23N3O3/c1-14-17(11-16(12-21)26-14)20(24)23(3)13-18-19(22(2)9-10-25-18)15-7-5-4-6-8-15/h4-8,11,18-19H,9-10,13H2,1-3H3/t18-,19-/m0/s1. The molecule has 1 fully saturated rings. The Bertz CT molecular complexity index is 809. The van der Waals surface area contributed by atoms with Gasteiger partial charge in [-0.25, -0.2) is 0 Å². The van der Waals surface area contributed by atoms with E-state index in [2.05, 4.69) is 24.1 Å². The molecule has 1 aromatic heterocycles. The van der Waals surface area contributed by atoms with Crippen LogP contribution in [0.1, 0.15) is 33.5 Å². The van der Waals surface area contributed by atoms with E-state index in [0.29, 0.717) is 24.5 Å². The summed E-state index contributed by atoms with van der Waals surface area (Å²) < 4.78 is 11.3. The van der Waals surface area contributed by atoms with Crippen molar-refractivity contribution in [3.63, 3.8) is 0 Å². The summed E-state index contributed by atoms with van der Waals surface area (Å²) in [7, 11) is 3.83. The Hall–Kier alpha value is -2.62. The molecule has 0 saturated carbocycles. The molecule has 26 heavy (non-hydrogen) atoms. The Balaban J connectivity index is 1.78. The Morgan fingerprint density at radius 2 is 2.12 bits per heavy atom. The largest absolute Gasteiger partial charge is 0.450 e. The minimum Gasteiger partial charge on any atom is -0.450 e. The molecule has 6 nitrogen and oxygen atoms in total. The highest BCUT2D eigenvalue weighted by atomic mass is 16.5. The molecule has 1 aromatic carbocycles. The van der Waals surface area contributed by atoms with Crippen LogP contribution in [-0.2, 0) is 4.74 Å². The number of benzene rings is 1. The maximum Gasteiger partial charge on any atom is 0.257 e. The van der Waals surface area contributed by atoms with Crippen molar-refractivity contribution in [1.29, 1.82) is 5.26 Å². The lowest BCUT2D eigenvalue weighted by atomic mass is 9.98. The first kappa shape index (κ1) is 18.2. The molecule has 0 aliphatic carbocycles. The summed E-state index contributed by atoms with van der Waals surface area (Å²) in [6, 6.07) is 13.7. The van der Waals surface area contributed by atoms with Crippen molar-refractivity contribution in [2.75, 3.05) is 33.8 Å². The Kier molecular flexibility index (Phi) is 5.40. The minimum atomic E-state index is -0.170. The average molecular weight is 353 g/mol. The number of hydrogen-bond donors (Lipinski definition) is 0. The molecule has 3 rings (SSSR count). The number of amides is 1. The van der Waals surface area contributed by atoms with E-state index in [1.54, 1.807) is 18.9 Å². The van der Waals surface area contributed by atoms with Crippen LogP contribution in [0.25, 0.3) is 0 Å². The molecule has 1 amide bonds. The van der Waals surface area contributed by atoms with E-state index >= 15 is 0 Å². The summed E-state index contributed by atoms with van der Waals surface area (Å²) >= 11 is 0. The summed E-state index contributed by atoms with van der Waals surface area (Å²) in [5.74, 6) is 0.436. The second-order valence-corrected chi connectivity index (χ2v) is 6.62. The summed E-state index contributed by atoms with van der Waals surface area (Å²) in [5.41, 5.74) is 1.59. The van der Waals surface area contributed by atoms with Gasteiger partial charge in [-0.05, 0) is 19.5 Å². The van der Waals surface area contributed by atoms with Crippen LogP contribution < -0.4 is 0 Å². The second-order valence-electron chi connectivity index (χ2n) is 6.62. The molecule has 2 atom stereocenters. The molecule has 6 heteroatoms. The van der Waals surface area contributed by atoms with Crippen molar-refractivity contribution in [2.45, 2.75) is 19.1 Å². The number of nitriles is 1. The SMILES string of the molecule is Cc1oc(C#N)cc1C(=O)N(C)C[C@@H]1OCCN(C)[C@H]1c1ccccc1. The van der Waals surface area contributed by atoms with E-state index in [9.17, 15) is 4.79 Å². The van der Waals surface area contributed by atoms with E-state index in [0.717, 1.165) is 6.54 Å². The molecular formula is C20H23N3O3. The smallest absolute Gasteiger partial charge is 0.257 e. The molecule has 1 saturated heterocycles. The summed E-state index contributed by atoms with van der Waals surface area (Å²) in [5, 5.41) is 8.95. The van der Waals surface area contributed by atoms with Gasteiger partial charge >= 0.3 is 0 Å². The first-order valence-corrected chi connectivity index (χ1v) is 8.64. The zero-order valence-electron chi connectivity index (χ0n) is 15.3. The molecule has 0 bridgehead atoms. The van der Waals surface area contributed by atoms with Gasteiger partial charge in [0.05, 0.1) is 24.3 Å². The van der Waals surface area contributed by atoms with E-state index in [1.807, 2.05) is 24.3 Å². The number of rotatable bonds is 4. The Labute approximate surface area is 153 Å². The first-order valence-electron chi connectivity index (χ1n) is 8.64. The van der Waals surface area contributed by atoms with Crippen molar-refractivity contribution >= 4 is 5.91 Å². The minimum absolute atomic E-state index is 0.0836. The maximum atomic E-state index is 12.8. The van der Waals surface area contributed by atoms with Gasteiger partial charge in [-0.3, -0.25) is 9.69 Å². The average Bonchev–Trinajstić information content (AvgIpc) is 3.02. The molecule has 0 N–H and O–H groups in total. The van der Waals surface area contributed by atoms with Crippen LogP contribution in [0.15, 0.2) is 40.8 Å². The topological polar surface area (TPSA) is 69.7 Å². The fourth-order valence-electron chi connectivity index (χ4n) is 3.44. The van der Waals surface area contributed by atoms with Gasteiger partial charge in [0.1, 0.15) is 11.8 Å². The highest BCUT2D eigenvalue weighted by Crippen LogP contribution is 2.29. The van der Waals surface area contributed by atoms with Crippen molar-refractivity contribution in [3.05, 3.63) is 59.0 Å². The Morgan fingerprint density at radius 1 is 1.38 bits per heavy atom. The first-order chi connectivity index (χ1) is 12.5. The third-order valence-corrected chi connectivity index (χ3v) is 4.80. The predicted molar refractivity (Wildman–Crippen MR) is 96.7 cm³/mol. The van der Waals surface area contributed by atoms with E-state index in [1.165, 1.54) is 11.6 Å². The molecule has 1 aliphatic rings. The highest BCUT2D eigenvalue weighted by molar-refractivity contribution is 5.95. The van der Waals surface area contributed by atoms with Crippen molar-refractivity contribution in [2.24, 2.45) is 0 Å². The molecule has 2 heterocycles. The van der Waals surface area contributed by atoms with Crippen molar-refractivity contribution in [3.8, 4) is 6.07 Å². The number of ether oxygens (including phenoxy) is 1. The third kappa shape index (κ3) is 3.64. The Morgan fingerprint density at radius 3 is 2.77 bits per heavy atom. The van der Waals surface area contributed by atoms with Crippen LogP contribution in [0, 0.1) is 18.3 Å². The number of nitrogens with zero attached hydrogens (tertiary/aromatic N) is 3. The fraction of sp³-hybridized carbons (Fsp3) is 0.400. The molecular weight excluding hydrogens is 330 g/mol. The van der Waals surface area contributed by atoms with Crippen LogP contribution in [0.4, 0.5) is 0 Å². The van der Waals surface area contributed by atoms with Crippen molar-refractivity contribution < 1.29 is 13.9 Å². The van der Waals surface area contributed by atoms with Gasteiger partial charge in [0, 0.05) is 26.2 Å². The van der Waals surface area contributed by atoms with Gasteiger partial charge in [-0.15, -0.1) is 0 Å². The summed E-state index contributed by atoms with van der Waals surface area (Å²) in [4.78, 5) is 16.7. The second kappa shape index (κ2) is 7.73. The van der Waals surface area contributed by atoms with E-state index in [-0.39, 0.29) is 23.8 Å². The van der Waals surface area contributed by atoms with Crippen LogP contribution in [0.2, 0.25) is 0 Å². The number of carbonyl (C=O) groups excluding carboxylic acids is 1. The van der Waals surface area contributed by atoms with Gasteiger partial charge in [0.15, 0.2) is 0 Å². The van der Waals surface area contributed by atoms with Crippen molar-refractivity contribution in [1.82, 2.24) is 9.80 Å². The molecule has 136 valence electrons. The van der Waals surface area contributed by atoms with Crippen LogP contribution in [-0.4, -0.2) is 55.6 Å². The number of likely N-dealkylation sites (N-methyl/N-ethyl adjacent to an activating group) is 2. The van der Waals surface area contributed by atoms with Gasteiger partial charge in [0.2, 0.25) is 5.76 Å². The predicted octanol–water partition coefficient (Wildman–Crippen LogP) is 2.60. The molecule has 0 unspecified atom stereocenters. The number of hydrogen-bond acceptors (Lipinski definition) is 5. The zero-order valence-corrected chi connectivity index (χ0v) is 15.3. The summed E-state index contributed by atoms with van der Waals surface area (Å²) in [6.07, 6.45) is -0.132. The lowest BCUT2D eigenvalue weighted by Gasteiger charge is -2.40. The molecule has 0 radical (unpaired) electrons. The number of furan rings is 1. The molecule has 2 aromatic rings. The highest BCUT2D eigenvalue weighted by Gasteiger charge is 2.33. The number of aryl methyl sites for hydroxylation is 1. The molecule has 0 spiro atoms. The van der Waals surface area contributed by atoms with Crippen LogP contribution in [0.3, 0.4) is 0 Å². The fourth-order valence-corrected chi connectivity index (χ4v) is 3.44. The lowest BCUT2D eigenvalue weighted by molar-refractivity contribution is -0.0708. The maximum absolute atomic E-state index is 12.8. The monoisotopic (exact) mass is 353 g/mol. The third-order valence-electron chi connectivity index (χ3n) is 4.80. The zero-order chi connectivity index (χ0) is 18.7. The van der Waals surface area contributed by atoms with E-state index in [4.69, 9.17) is 14.4 Å². The van der Waals surface area contributed by atoms with Gasteiger partial charge < -0.3 is 14.1 Å². The van der Waals surface area contributed by atoms with Gasteiger partial charge in [-0.1, -0.05) is 30.3 Å². The van der Waals surface area contributed by atoms with E-state index < -0.39 is 0 Å².